The molecule has 1 amide bonds. The molecule has 2 aromatic carbocycles. The first-order valence-electron chi connectivity index (χ1n) is 11.0. The van der Waals surface area contributed by atoms with Crippen LogP contribution in [0.2, 0.25) is 0 Å². The monoisotopic (exact) mass is 427 g/mol. The quantitative estimate of drug-likeness (QED) is 0.470. The molecule has 1 unspecified atom stereocenters. The number of hydrogen-bond donors (Lipinski definition) is 3. The molecule has 4 nitrogen and oxygen atoms in total. The van der Waals surface area contributed by atoms with E-state index < -0.39 is 0 Å². The SMILES string of the molecule is Cc1[nH]c(/C=C2\C(=O)Nc3cccc(-c4cccc(F)c4)c32)c(C)c1C1=CCNC(C)C1. The third kappa shape index (κ3) is 3.49. The zero-order chi connectivity index (χ0) is 22.4. The fourth-order valence-electron chi connectivity index (χ4n) is 4.90. The molecule has 0 saturated heterocycles. The highest BCUT2D eigenvalue weighted by Crippen LogP contribution is 2.41. The van der Waals surface area contributed by atoms with Crippen LogP contribution in [-0.4, -0.2) is 23.5 Å². The first-order chi connectivity index (χ1) is 15.4. The molecule has 0 spiro atoms. The van der Waals surface area contributed by atoms with Gasteiger partial charge in [-0.25, -0.2) is 4.39 Å². The molecule has 0 aliphatic carbocycles. The third-order valence-corrected chi connectivity index (χ3v) is 6.39. The van der Waals surface area contributed by atoms with Gasteiger partial charge in [-0.2, -0.15) is 0 Å². The summed E-state index contributed by atoms with van der Waals surface area (Å²) in [5.74, 6) is -0.445. The highest BCUT2D eigenvalue weighted by molar-refractivity contribution is 6.36. The lowest BCUT2D eigenvalue weighted by molar-refractivity contribution is -0.110. The van der Waals surface area contributed by atoms with E-state index >= 15 is 0 Å². The number of H-pyrrole nitrogens is 1. The Morgan fingerprint density at radius 2 is 1.91 bits per heavy atom. The van der Waals surface area contributed by atoms with E-state index in [0.29, 0.717) is 11.6 Å². The van der Waals surface area contributed by atoms with Gasteiger partial charge in [-0.05, 0) is 73.7 Å². The molecular weight excluding hydrogens is 401 g/mol. The molecule has 0 bridgehead atoms. The van der Waals surface area contributed by atoms with Crippen LogP contribution in [0.15, 0.2) is 48.5 Å². The van der Waals surface area contributed by atoms with Crippen LogP contribution in [0.5, 0.6) is 0 Å². The van der Waals surface area contributed by atoms with Crippen molar-refractivity contribution in [2.45, 2.75) is 33.2 Å². The molecule has 0 saturated carbocycles. The molecule has 0 radical (unpaired) electrons. The summed E-state index contributed by atoms with van der Waals surface area (Å²) in [7, 11) is 0. The van der Waals surface area contributed by atoms with Gasteiger partial charge in [0, 0.05) is 40.8 Å². The fourth-order valence-corrected chi connectivity index (χ4v) is 4.90. The Hall–Kier alpha value is -3.44. The summed E-state index contributed by atoms with van der Waals surface area (Å²) in [6.07, 6.45) is 5.16. The highest BCUT2D eigenvalue weighted by Gasteiger charge is 2.28. The van der Waals surface area contributed by atoms with E-state index in [1.165, 1.54) is 23.3 Å². The van der Waals surface area contributed by atoms with E-state index in [0.717, 1.165) is 52.3 Å². The molecular formula is C27H26FN3O. The van der Waals surface area contributed by atoms with Gasteiger partial charge in [0.15, 0.2) is 0 Å². The number of benzene rings is 2. The van der Waals surface area contributed by atoms with E-state index in [1.54, 1.807) is 6.07 Å². The van der Waals surface area contributed by atoms with Crippen LogP contribution in [0.1, 0.15) is 41.4 Å². The molecule has 1 atom stereocenters. The zero-order valence-corrected chi connectivity index (χ0v) is 18.5. The van der Waals surface area contributed by atoms with Crippen molar-refractivity contribution in [1.82, 2.24) is 10.3 Å². The van der Waals surface area contributed by atoms with Crippen molar-refractivity contribution < 1.29 is 9.18 Å². The van der Waals surface area contributed by atoms with Gasteiger partial charge < -0.3 is 15.6 Å². The van der Waals surface area contributed by atoms with E-state index in [9.17, 15) is 9.18 Å². The lowest BCUT2D eigenvalue weighted by Gasteiger charge is -2.21. The molecule has 3 heterocycles. The largest absolute Gasteiger partial charge is 0.358 e. The van der Waals surface area contributed by atoms with Gasteiger partial charge in [0.1, 0.15) is 5.82 Å². The molecule has 0 fully saturated rings. The number of fused-ring (bicyclic) bond motifs is 1. The Balaban J connectivity index is 1.63. The summed E-state index contributed by atoms with van der Waals surface area (Å²) in [5, 5.41) is 6.42. The van der Waals surface area contributed by atoms with Crippen LogP contribution in [0.25, 0.3) is 28.3 Å². The molecule has 2 aliphatic heterocycles. The Morgan fingerprint density at radius 1 is 1.09 bits per heavy atom. The summed E-state index contributed by atoms with van der Waals surface area (Å²) >= 11 is 0. The molecule has 162 valence electrons. The minimum atomic E-state index is -0.298. The van der Waals surface area contributed by atoms with Crippen LogP contribution < -0.4 is 10.6 Å². The molecule has 5 rings (SSSR count). The van der Waals surface area contributed by atoms with Crippen LogP contribution in [-0.2, 0) is 4.79 Å². The van der Waals surface area contributed by atoms with Crippen LogP contribution >= 0.6 is 0 Å². The third-order valence-electron chi connectivity index (χ3n) is 6.39. The fraction of sp³-hybridized carbons (Fsp3) is 0.222. The van der Waals surface area contributed by atoms with Gasteiger partial charge in [0.05, 0.1) is 5.57 Å². The maximum absolute atomic E-state index is 13.9. The molecule has 2 aliphatic rings. The summed E-state index contributed by atoms with van der Waals surface area (Å²) in [6, 6.07) is 12.6. The Bertz CT molecular complexity index is 1300. The van der Waals surface area contributed by atoms with Gasteiger partial charge in [-0.1, -0.05) is 30.3 Å². The van der Waals surface area contributed by atoms with Gasteiger partial charge in [0.2, 0.25) is 0 Å². The van der Waals surface area contributed by atoms with Crippen molar-refractivity contribution in [3.63, 3.8) is 0 Å². The molecule has 3 N–H and O–H groups in total. The molecule has 1 aromatic heterocycles. The summed E-state index contributed by atoms with van der Waals surface area (Å²) in [5.41, 5.74) is 9.48. The van der Waals surface area contributed by atoms with E-state index in [2.05, 4.69) is 42.5 Å². The predicted molar refractivity (Wildman–Crippen MR) is 129 cm³/mol. The topological polar surface area (TPSA) is 56.9 Å². The number of rotatable bonds is 3. The van der Waals surface area contributed by atoms with Crippen molar-refractivity contribution in [3.05, 3.63) is 82.4 Å². The first kappa shape index (κ1) is 20.5. The lowest BCUT2D eigenvalue weighted by Crippen LogP contribution is -2.30. The van der Waals surface area contributed by atoms with Crippen molar-refractivity contribution >= 4 is 28.8 Å². The van der Waals surface area contributed by atoms with Crippen molar-refractivity contribution in [1.29, 1.82) is 0 Å². The molecule has 3 aromatic rings. The Kier molecular flexibility index (Phi) is 5.06. The zero-order valence-electron chi connectivity index (χ0n) is 18.5. The number of nitrogens with one attached hydrogen (secondary N) is 3. The van der Waals surface area contributed by atoms with E-state index in [1.807, 2.05) is 30.3 Å². The van der Waals surface area contributed by atoms with Crippen LogP contribution in [0, 0.1) is 19.7 Å². The number of aryl methyl sites for hydroxylation is 1. The normalized spacial score (nSPS) is 19.1. The highest BCUT2D eigenvalue weighted by atomic mass is 19.1. The van der Waals surface area contributed by atoms with Gasteiger partial charge in [-0.15, -0.1) is 0 Å². The second-order valence-corrected chi connectivity index (χ2v) is 8.66. The standard InChI is InChI=1S/C27H26FN3O/c1-15-12-19(10-11-29-15)25-16(2)24(30-17(25)3)14-22-26-21(18-6-4-7-20(28)13-18)8-5-9-23(26)31-27(22)32/h4-10,13-15,29-30H,11-12H2,1-3H3,(H,31,32)/b22-14-. The number of hydrogen-bond acceptors (Lipinski definition) is 2. The number of carbonyl (C=O) groups excluding carboxylic acids is 1. The van der Waals surface area contributed by atoms with Gasteiger partial charge in [0.25, 0.3) is 5.91 Å². The van der Waals surface area contributed by atoms with Crippen LogP contribution in [0.4, 0.5) is 10.1 Å². The number of carbonyl (C=O) groups is 1. The number of anilines is 1. The predicted octanol–water partition coefficient (Wildman–Crippen LogP) is 5.70. The minimum absolute atomic E-state index is 0.147. The maximum Gasteiger partial charge on any atom is 0.256 e. The van der Waals surface area contributed by atoms with Crippen molar-refractivity contribution in [2.75, 3.05) is 11.9 Å². The number of aromatic amines is 1. The van der Waals surface area contributed by atoms with E-state index in [4.69, 9.17) is 0 Å². The Morgan fingerprint density at radius 3 is 2.69 bits per heavy atom. The second-order valence-electron chi connectivity index (χ2n) is 8.66. The molecule has 5 heteroatoms. The number of halogens is 1. The van der Waals surface area contributed by atoms with Crippen molar-refractivity contribution in [2.24, 2.45) is 0 Å². The van der Waals surface area contributed by atoms with Crippen LogP contribution in [0.3, 0.4) is 0 Å². The molecule has 32 heavy (non-hydrogen) atoms. The summed E-state index contributed by atoms with van der Waals surface area (Å²) < 4.78 is 13.9. The van der Waals surface area contributed by atoms with Gasteiger partial charge in [-0.3, -0.25) is 4.79 Å². The lowest BCUT2D eigenvalue weighted by atomic mass is 9.92. The summed E-state index contributed by atoms with van der Waals surface area (Å²) in [6.45, 7) is 7.24. The number of aromatic nitrogens is 1. The average molecular weight is 428 g/mol. The number of amides is 1. The second kappa shape index (κ2) is 7.92. The van der Waals surface area contributed by atoms with Crippen molar-refractivity contribution in [3.8, 4) is 11.1 Å². The minimum Gasteiger partial charge on any atom is -0.358 e. The average Bonchev–Trinajstić information content (AvgIpc) is 3.23. The first-order valence-corrected chi connectivity index (χ1v) is 11.0. The maximum atomic E-state index is 13.9. The smallest absolute Gasteiger partial charge is 0.256 e. The van der Waals surface area contributed by atoms with E-state index in [-0.39, 0.29) is 11.7 Å². The Labute approximate surface area is 187 Å². The summed E-state index contributed by atoms with van der Waals surface area (Å²) in [4.78, 5) is 16.4. The van der Waals surface area contributed by atoms with Gasteiger partial charge >= 0.3 is 0 Å².